The van der Waals surface area contributed by atoms with Crippen LogP contribution in [0.3, 0.4) is 0 Å². The molecule has 0 aromatic carbocycles. The smallest absolute Gasteiger partial charge is 0.320 e. The molecule has 0 aliphatic carbocycles. The molecular weight excluding hydrogens is 230 g/mol. The Balaban J connectivity index is 1.81. The van der Waals surface area contributed by atoms with Crippen LogP contribution in [0.2, 0.25) is 0 Å². The molecule has 0 aromatic heterocycles. The molecule has 2 aliphatic rings. The second-order valence-corrected chi connectivity index (χ2v) is 4.42. The second kappa shape index (κ2) is 4.89. The van der Waals surface area contributed by atoms with Crippen LogP contribution >= 0.6 is 12.8 Å². The number of hydrazine groups is 2. The van der Waals surface area contributed by atoms with Gasteiger partial charge in [-0.05, 0) is 38.1 Å². The largest absolute Gasteiger partial charge is 0.480 e. The van der Waals surface area contributed by atoms with E-state index in [1.165, 1.54) is 4.41 Å². The summed E-state index contributed by atoms with van der Waals surface area (Å²) in [5.41, 5.74) is 2.89. The molecule has 0 radical (unpaired) electrons. The predicted octanol–water partition coefficient (Wildman–Crippen LogP) is -0.735. The molecule has 90 valence electrons. The van der Waals surface area contributed by atoms with Crippen LogP contribution in [0.1, 0.15) is 12.8 Å². The van der Waals surface area contributed by atoms with Gasteiger partial charge in [-0.1, -0.05) is 0 Å². The molecule has 2 atom stereocenters. The van der Waals surface area contributed by atoms with Gasteiger partial charge in [0.1, 0.15) is 12.4 Å². The van der Waals surface area contributed by atoms with E-state index in [1.54, 1.807) is 11.5 Å². The van der Waals surface area contributed by atoms with Gasteiger partial charge in [-0.25, -0.2) is 9.53 Å². The SMILES string of the molecule is O=C(O)[C@H]1C[C@H](CN2N=CN(S)N2)CCN1. The summed E-state index contributed by atoms with van der Waals surface area (Å²) in [6.45, 7) is 1.43. The van der Waals surface area contributed by atoms with Crippen molar-refractivity contribution in [3.8, 4) is 0 Å². The van der Waals surface area contributed by atoms with Crippen molar-refractivity contribution in [1.29, 1.82) is 0 Å². The zero-order valence-corrected chi connectivity index (χ0v) is 9.60. The average Bonchev–Trinajstić information content (AvgIpc) is 2.64. The third-order valence-electron chi connectivity index (χ3n) is 2.76. The quantitative estimate of drug-likeness (QED) is 0.491. The molecule has 2 heterocycles. The molecule has 2 rings (SSSR count). The van der Waals surface area contributed by atoms with Crippen molar-refractivity contribution in [1.82, 2.24) is 20.4 Å². The number of rotatable bonds is 3. The molecule has 0 aromatic rings. The van der Waals surface area contributed by atoms with Crippen molar-refractivity contribution >= 4 is 25.1 Å². The molecule has 0 bridgehead atoms. The molecule has 2 aliphatic heterocycles. The standard InChI is InChI=1S/C8H15N5O2S/c14-8(15)7-3-6(1-2-9-7)4-12-10-5-13(16)11-12/h5-7,9,11,16H,1-4H2,(H,14,15)/t6-,7-/m1/s1. The van der Waals surface area contributed by atoms with Gasteiger partial charge in [0.2, 0.25) is 0 Å². The molecule has 0 saturated carbocycles. The third-order valence-corrected chi connectivity index (χ3v) is 2.95. The predicted molar refractivity (Wildman–Crippen MR) is 61.3 cm³/mol. The number of carboxylic acid groups (broad SMARTS) is 1. The topological polar surface area (TPSA) is 80.2 Å². The van der Waals surface area contributed by atoms with Gasteiger partial charge >= 0.3 is 5.97 Å². The first-order valence-corrected chi connectivity index (χ1v) is 5.57. The van der Waals surface area contributed by atoms with Gasteiger partial charge in [0.15, 0.2) is 0 Å². The molecule has 1 fully saturated rings. The maximum atomic E-state index is 10.8. The number of carbonyl (C=O) groups is 1. The Morgan fingerprint density at radius 3 is 3.12 bits per heavy atom. The highest BCUT2D eigenvalue weighted by atomic mass is 32.1. The summed E-state index contributed by atoms with van der Waals surface area (Å²) >= 11 is 4.04. The highest BCUT2D eigenvalue weighted by Crippen LogP contribution is 2.18. The van der Waals surface area contributed by atoms with E-state index in [9.17, 15) is 4.79 Å². The minimum Gasteiger partial charge on any atom is -0.480 e. The summed E-state index contributed by atoms with van der Waals surface area (Å²) in [7, 11) is 0. The van der Waals surface area contributed by atoms with Gasteiger partial charge in [-0.3, -0.25) is 4.79 Å². The number of nitrogens with zero attached hydrogens (tertiary/aromatic N) is 3. The highest BCUT2D eigenvalue weighted by molar-refractivity contribution is 7.78. The summed E-state index contributed by atoms with van der Waals surface area (Å²) in [6, 6.07) is -0.433. The highest BCUT2D eigenvalue weighted by Gasteiger charge is 2.28. The van der Waals surface area contributed by atoms with Crippen LogP contribution in [0.4, 0.5) is 0 Å². The van der Waals surface area contributed by atoms with E-state index < -0.39 is 12.0 Å². The molecule has 0 unspecified atom stereocenters. The Morgan fingerprint density at radius 1 is 1.69 bits per heavy atom. The van der Waals surface area contributed by atoms with E-state index in [0.29, 0.717) is 18.9 Å². The van der Waals surface area contributed by atoms with Gasteiger partial charge in [-0.2, -0.15) is 0 Å². The third kappa shape index (κ3) is 2.77. The fourth-order valence-electron chi connectivity index (χ4n) is 1.96. The molecule has 1 saturated heterocycles. The van der Waals surface area contributed by atoms with E-state index in [4.69, 9.17) is 5.11 Å². The van der Waals surface area contributed by atoms with Gasteiger partial charge in [-0.15, -0.1) is 10.6 Å². The normalized spacial score (nSPS) is 29.8. The Labute approximate surface area is 99.0 Å². The van der Waals surface area contributed by atoms with E-state index in [2.05, 4.69) is 28.8 Å². The van der Waals surface area contributed by atoms with E-state index in [-0.39, 0.29) is 0 Å². The summed E-state index contributed by atoms with van der Waals surface area (Å²) in [6.07, 6.45) is 3.15. The molecule has 0 spiro atoms. The summed E-state index contributed by atoms with van der Waals surface area (Å²) in [5.74, 6) is -0.453. The molecule has 0 amide bonds. The van der Waals surface area contributed by atoms with Crippen molar-refractivity contribution in [2.45, 2.75) is 18.9 Å². The zero-order valence-electron chi connectivity index (χ0n) is 8.70. The first-order valence-electron chi connectivity index (χ1n) is 5.17. The minimum atomic E-state index is -0.779. The lowest BCUT2D eigenvalue weighted by atomic mass is 9.92. The van der Waals surface area contributed by atoms with Crippen LogP contribution in [0.5, 0.6) is 0 Å². The van der Waals surface area contributed by atoms with Crippen molar-refractivity contribution in [3.05, 3.63) is 0 Å². The fourth-order valence-corrected chi connectivity index (χ4v) is 2.11. The van der Waals surface area contributed by atoms with E-state index in [1.807, 2.05) is 0 Å². The van der Waals surface area contributed by atoms with Gasteiger partial charge in [0.25, 0.3) is 0 Å². The van der Waals surface area contributed by atoms with Gasteiger partial charge < -0.3 is 10.4 Å². The fraction of sp³-hybridized carbons (Fsp3) is 0.750. The van der Waals surface area contributed by atoms with Crippen molar-refractivity contribution < 1.29 is 9.90 Å². The number of aliphatic carboxylic acids is 1. The molecule has 3 N–H and O–H groups in total. The Kier molecular flexibility index (Phi) is 3.52. The Hall–Kier alpha value is -0.990. The number of hydrazone groups is 1. The Morgan fingerprint density at radius 2 is 2.50 bits per heavy atom. The van der Waals surface area contributed by atoms with Crippen LogP contribution < -0.4 is 10.9 Å². The van der Waals surface area contributed by atoms with Crippen molar-refractivity contribution in [3.63, 3.8) is 0 Å². The first-order chi connectivity index (χ1) is 7.65. The molecular formula is C8H15N5O2S. The van der Waals surface area contributed by atoms with Gasteiger partial charge in [0, 0.05) is 0 Å². The number of carboxylic acids is 1. The van der Waals surface area contributed by atoms with Crippen LogP contribution in [0.25, 0.3) is 0 Å². The summed E-state index contributed by atoms with van der Waals surface area (Å²) < 4.78 is 1.45. The molecule has 16 heavy (non-hydrogen) atoms. The number of hydrogen-bond acceptors (Lipinski definition) is 7. The zero-order chi connectivity index (χ0) is 11.5. The number of piperidine rings is 1. The second-order valence-electron chi connectivity index (χ2n) is 3.99. The first kappa shape index (κ1) is 11.5. The molecule has 7 nitrogen and oxygen atoms in total. The maximum absolute atomic E-state index is 10.8. The average molecular weight is 245 g/mol. The summed E-state index contributed by atoms with van der Waals surface area (Å²) in [5, 5.41) is 17.6. The van der Waals surface area contributed by atoms with E-state index >= 15 is 0 Å². The van der Waals surface area contributed by atoms with Crippen LogP contribution in [0.15, 0.2) is 5.10 Å². The lowest BCUT2D eigenvalue weighted by Crippen LogP contribution is -2.47. The van der Waals surface area contributed by atoms with Crippen LogP contribution in [0, 0.1) is 5.92 Å². The minimum absolute atomic E-state index is 0.326. The number of thiol groups is 1. The van der Waals surface area contributed by atoms with Gasteiger partial charge in [0.05, 0.1) is 6.54 Å². The van der Waals surface area contributed by atoms with Crippen LogP contribution in [-0.2, 0) is 4.79 Å². The monoisotopic (exact) mass is 245 g/mol. The van der Waals surface area contributed by atoms with E-state index in [0.717, 1.165) is 13.0 Å². The summed E-state index contributed by atoms with van der Waals surface area (Å²) in [4.78, 5) is 10.8. The van der Waals surface area contributed by atoms with Crippen molar-refractivity contribution in [2.75, 3.05) is 13.1 Å². The number of nitrogens with one attached hydrogen (secondary N) is 2. The van der Waals surface area contributed by atoms with Crippen molar-refractivity contribution in [2.24, 2.45) is 11.0 Å². The maximum Gasteiger partial charge on any atom is 0.320 e. The lowest BCUT2D eigenvalue weighted by Gasteiger charge is -2.30. The molecule has 8 heteroatoms. The Bertz CT molecular complexity index is 300. The van der Waals surface area contributed by atoms with Crippen LogP contribution in [-0.4, -0.2) is 46.1 Å². The lowest BCUT2D eigenvalue weighted by molar-refractivity contribution is -0.140. The number of hydrogen-bond donors (Lipinski definition) is 4.